The summed E-state index contributed by atoms with van der Waals surface area (Å²) in [5.41, 5.74) is 0. The number of amides is 1. The van der Waals surface area contributed by atoms with Crippen LogP contribution in [0.1, 0.15) is 12.8 Å². The average Bonchev–Trinajstić information content (AvgIpc) is 2.81. The van der Waals surface area contributed by atoms with Crippen molar-refractivity contribution >= 4 is 5.91 Å². The Bertz CT molecular complexity index is 311. The largest absolute Gasteiger partial charge is 0.491 e. The number of pyridine rings is 1. The van der Waals surface area contributed by atoms with Gasteiger partial charge in [0, 0.05) is 19.2 Å². The van der Waals surface area contributed by atoms with Gasteiger partial charge in [0.05, 0.1) is 14.2 Å². The highest BCUT2D eigenvalue weighted by atomic mass is 16.5. The molecule has 1 N–H and O–H groups in total. The Morgan fingerprint density at radius 2 is 2.19 bits per heavy atom. The summed E-state index contributed by atoms with van der Waals surface area (Å²) in [7, 11) is 3.14. The Kier molecular flexibility index (Phi) is 5.11. The van der Waals surface area contributed by atoms with Crippen molar-refractivity contribution in [1.29, 1.82) is 0 Å². The van der Waals surface area contributed by atoms with Crippen LogP contribution in [-0.4, -0.2) is 31.7 Å². The number of ether oxygens (including phenoxy) is 2. The molecule has 0 bridgehead atoms. The smallest absolute Gasteiger partial charge is 0.256 e. The van der Waals surface area contributed by atoms with Gasteiger partial charge in [-0.15, -0.1) is 0 Å². The normalized spacial score (nSPS) is 13.5. The molecule has 1 fully saturated rings. The molecule has 88 valence electrons. The van der Waals surface area contributed by atoms with E-state index in [-0.39, 0.29) is 5.91 Å². The van der Waals surface area contributed by atoms with Crippen LogP contribution in [-0.2, 0) is 4.79 Å². The third-order valence-corrected chi connectivity index (χ3v) is 2.05. The summed E-state index contributed by atoms with van der Waals surface area (Å²) in [5.74, 6) is 1.38. The summed E-state index contributed by atoms with van der Waals surface area (Å²) in [6.45, 7) is 0.888. The third kappa shape index (κ3) is 3.76. The third-order valence-electron chi connectivity index (χ3n) is 2.05. The maximum atomic E-state index is 10.1. The van der Waals surface area contributed by atoms with E-state index in [1.54, 1.807) is 32.5 Å². The number of aromatic nitrogens is 1. The van der Waals surface area contributed by atoms with Crippen LogP contribution in [0.5, 0.6) is 11.6 Å². The molecule has 0 spiro atoms. The quantitative estimate of drug-likeness (QED) is 0.814. The first-order chi connectivity index (χ1) is 7.77. The van der Waals surface area contributed by atoms with Crippen molar-refractivity contribution < 1.29 is 14.3 Å². The Morgan fingerprint density at radius 3 is 2.56 bits per heavy atom. The van der Waals surface area contributed by atoms with Crippen LogP contribution in [0, 0.1) is 0 Å². The molecule has 1 aromatic heterocycles. The van der Waals surface area contributed by atoms with E-state index in [2.05, 4.69) is 10.3 Å². The average molecular weight is 224 g/mol. The van der Waals surface area contributed by atoms with E-state index in [4.69, 9.17) is 9.47 Å². The molecule has 1 aromatic rings. The molecule has 1 amide bonds. The highest BCUT2D eigenvalue weighted by Crippen LogP contribution is 2.21. The van der Waals surface area contributed by atoms with Crippen LogP contribution in [0.4, 0.5) is 0 Å². The number of carbonyl (C=O) groups is 1. The summed E-state index contributed by atoms with van der Waals surface area (Å²) >= 11 is 0. The van der Waals surface area contributed by atoms with Crippen molar-refractivity contribution in [3.8, 4) is 11.6 Å². The SMILES string of the molecule is COc1cccnc1OC.O=C1CCCN1. The maximum Gasteiger partial charge on any atom is 0.256 e. The molecule has 0 aromatic carbocycles. The molecule has 0 atom stereocenters. The minimum Gasteiger partial charge on any atom is -0.491 e. The van der Waals surface area contributed by atoms with Gasteiger partial charge in [-0.05, 0) is 18.6 Å². The van der Waals surface area contributed by atoms with E-state index in [0.717, 1.165) is 19.4 Å². The molecule has 5 nitrogen and oxygen atoms in total. The van der Waals surface area contributed by atoms with Crippen LogP contribution >= 0.6 is 0 Å². The van der Waals surface area contributed by atoms with Gasteiger partial charge in [-0.3, -0.25) is 4.79 Å². The standard InChI is InChI=1S/C7H9NO2.C4H7NO/c1-9-6-4-3-5-8-7(6)10-2;6-4-2-1-3-5-4/h3-5H,1-2H3;1-3H2,(H,5,6). The molecular weight excluding hydrogens is 208 g/mol. The minimum atomic E-state index is 0.204. The molecule has 0 radical (unpaired) electrons. The van der Waals surface area contributed by atoms with E-state index >= 15 is 0 Å². The van der Waals surface area contributed by atoms with Crippen molar-refractivity contribution in [2.24, 2.45) is 0 Å². The monoisotopic (exact) mass is 224 g/mol. The molecule has 16 heavy (non-hydrogen) atoms. The fraction of sp³-hybridized carbons (Fsp3) is 0.455. The predicted octanol–water partition coefficient (Wildman–Crippen LogP) is 0.995. The molecule has 1 aliphatic heterocycles. The van der Waals surface area contributed by atoms with Gasteiger partial charge in [-0.1, -0.05) is 0 Å². The zero-order chi connectivity index (χ0) is 11.8. The molecule has 1 aliphatic rings. The maximum absolute atomic E-state index is 10.1. The predicted molar refractivity (Wildman–Crippen MR) is 59.6 cm³/mol. The number of nitrogens with one attached hydrogen (secondary N) is 1. The topological polar surface area (TPSA) is 60.5 Å². The lowest BCUT2D eigenvalue weighted by atomic mass is 10.4. The van der Waals surface area contributed by atoms with Crippen molar-refractivity contribution in [3.63, 3.8) is 0 Å². The Balaban J connectivity index is 0.000000181. The van der Waals surface area contributed by atoms with Gasteiger partial charge in [0.15, 0.2) is 5.75 Å². The van der Waals surface area contributed by atoms with Crippen molar-refractivity contribution in [1.82, 2.24) is 10.3 Å². The molecular formula is C11H16N2O3. The Morgan fingerprint density at radius 1 is 1.38 bits per heavy atom. The number of hydrogen-bond acceptors (Lipinski definition) is 4. The first kappa shape index (κ1) is 12.3. The molecule has 1 saturated heterocycles. The first-order valence-electron chi connectivity index (χ1n) is 5.07. The van der Waals surface area contributed by atoms with E-state index in [1.807, 2.05) is 0 Å². The Labute approximate surface area is 94.8 Å². The molecule has 2 heterocycles. The van der Waals surface area contributed by atoms with Crippen LogP contribution in [0.2, 0.25) is 0 Å². The van der Waals surface area contributed by atoms with Gasteiger partial charge < -0.3 is 14.8 Å². The van der Waals surface area contributed by atoms with E-state index < -0.39 is 0 Å². The molecule has 0 saturated carbocycles. The van der Waals surface area contributed by atoms with Gasteiger partial charge in [0.25, 0.3) is 5.88 Å². The lowest BCUT2D eigenvalue weighted by Gasteiger charge is -2.03. The number of hydrogen-bond donors (Lipinski definition) is 1. The number of rotatable bonds is 2. The van der Waals surface area contributed by atoms with Crippen LogP contribution in [0.25, 0.3) is 0 Å². The summed E-state index contributed by atoms with van der Waals surface area (Å²) in [6.07, 6.45) is 3.42. The second kappa shape index (κ2) is 6.66. The van der Waals surface area contributed by atoms with E-state index in [1.165, 1.54) is 0 Å². The van der Waals surface area contributed by atoms with E-state index in [9.17, 15) is 4.79 Å². The summed E-state index contributed by atoms with van der Waals surface area (Å²) < 4.78 is 9.85. The summed E-state index contributed by atoms with van der Waals surface area (Å²) in [5, 5.41) is 2.68. The zero-order valence-electron chi connectivity index (χ0n) is 9.53. The number of methoxy groups -OCH3 is 2. The molecule has 5 heteroatoms. The van der Waals surface area contributed by atoms with Crippen molar-refractivity contribution in [3.05, 3.63) is 18.3 Å². The second-order valence-corrected chi connectivity index (χ2v) is 3.17. The fourth-order valence-corrected chi connectivity index (χ4v) is 1.25. The molecule has 0 aliphatic carbocycles. The van der Waals surface area contributed by atoms with Gasteiger partial charge in [-0.2, -0.15) is 0 Å². The summed E-state index contributed by atoms with van der Waals surface area (Å²) in [6, 6.07) is 3.59. The van der Waals surface area contributed by atoms with Gasteiger partial charge in [0.2, 0.25) is 5.91 Å². The van der Waals surface area contributed by atoms with Crippen LogP contribution in [0.3, 0.4) is 0 Å². The van der Waals surface area contributed by atoms with E-state index in [0.29, 0.717) is 11.6 Å². The van der Waals surface area contributed by atoms with Crippen molar-refractivity contribution in [2.75, 3.05) is 20.8 Å². The highest BCUT2D eigenvalue weighted by molar-refractivity contribution is 5.77. The molecule has 0 unspecified atom stereocenters. The van der Waals surface area contributed by atoms with Gasteiger partial charge in [0.1, 0.15) is 0 Å². The van der Waals surface area contributed by atoms with Crippen LogP contribution in [0.15, 0.2) is 18.3 Å². The summed E-state index contributed by atoms with van der Waals surface area (Å²) in [4.78, 5) is 14.1. The second-order valence-electron chi connectivity index (χ2n) is 3.17. The highest BCUT2D eigenvalue weighted by Gasteiger charge is 2.05. The van der Waals surface area contributed by atoms with Crippen LogP contribution < -0.4 is 14.8 Å². The fourth-order valence-electron chi connectivity index (χ4n) is 1.25. The zero-order valence-corrected chi connectivity index (χ0v) is 9.53. The number of carbonyl (C=O) groups excluding carboxylic acids is 1. The van der Waals surface area contributed by atoms with Crippen molar-refractivity contribution in [2.45, 2.75) is 12.8 Å². The lowest BCUT2D eigenvalue weighted by Crippen LogP contribution is -2.12. The molecule has 2 rings (SSSR count). The lowest BCUT2D eigenvalue weighted by molar-refractivity contribution is -0.119. The van der Waals surface area contributed by atoms with Gasteiger partial charge in [-0.25, -0.2) is 4.98 Å². The first-order valence-corrected chi connectivity index (χ1v) is 5.07. The van der Waals surface area contributed by atoms with Gasteiger partial charge >= 0.3 is 0 Å². The minimum absolute atomic E-state index is 0.204. The Hall–Kier alpha value is -1.78. The number of nitrogens with zero attached hydrogens (tertiary/aromatic N) is 1.